The van der Waals surface area contributed by atoms with Crippen LogP contribution >= 0.6 is 0 Å². The molecule has 1 aromatic carbocycles. The lowest BCUT2D eigenvalue weighted by Gasteiger charge is -2.35. The average Bonchev–Trinajstić information content (AvgIpc) is 3.36. The molecule has 2 fully saturated rings. The molecule has 2 aliphatic rings. The highest BCUT2D eigenvalue weighted by molar-refractivity contribution is 7.89. The number of nitrogens with one attached hydrogen (secondary N) is 1. The third-order valence-electron chi connectivity index (χ3n) is 7.93. The number of nitrogens with zero attached hydrogens (tertiary/aromatic N) is 6. The molecule has 2 aromatic heterocycles. The number of anilines is 1. The number of aromatic nitrogens is 4. The van der Waals surface area contributed by atoms with Gasteiger partial charge in [-0.3, -0.25) is 0 Å². The van der Waals surface area contributed by atoms with E-state index < -0.39 is 21.7 Å². The van der Waals surface area contributed by atoms with Gasteiger partial charge in [0.1, 0.15) is 11.3 Å². The summed E-state index contributed by atoms with van der Waals surface area (Å²) in [5, 5.41) is 19.1. The third-order valence-corrected chi connectivity index (χ3v) is 9.84. The number of carbonyl (C=O) groups excluding carboxylic acids is 1. The van der Waals surface area contributed by atoms with E-state index in [9.17, 15) is 18.3 Å². The van der Waals surface area contributed by atoms with E-state index in [-0.39, 0.29) is 43.2 Å². The molecule has 2 N–H and O–H groups in total. The summed E-state index contributed by atoms with van der Waals surface area (Å²) < 4.78 is 35.7. The summed E-state index contributed by atoms with van der Waals surface area (Å²) in [6.45, 7) is 9.26. The molecular weight excluding hydrogens is 570 g/mol. The summed E-state index contributed by atoms with van der Waals surface area (Å²) >= 11 is 0. The Morgan fingerprint density at radius 2 is 1.74 bits per heavy atom. The van der Waals surface area contributed by atoms with Gasteiger partial charge in [-0.1, -0.05) is 25.5 Å². The van der Waals surface area contributed by atoms with Gasteiger partial charge in [0, 0.05) is 44.5 Å². The molecular formula is C30H43N7O5S. The van der Waals surface area contributed by atoms with Gasteiger partial charge >= 0.3 is 6.09 Å². The van der Waals surface area contributed by atoms with Crippen LogP contribution < -0.4 is 5.32 Å². The van der Waals surface area contributed by atoms with E-state index in [0.29, 0.717) is 24.5 Å². The fourth-order valence-corrected chi connectivity index (χ4v) is 6.95. The molecule has 0 unspecified atom stereocenters. The first-order valence-corrected chi connectivity index (χ1v) is 16.7. The Labute approximate surface area is 253 Å². The van der Waals surface area contributed by atoms with E-state index in [1.807, 2.05) is 4.68 Å². The molecule has 3 heterocycles. The molecule has 0 spiro atoms. The largest absolute Gasteiger partial charge is 0.444 e. The molecule has 3 aromatic rings. The number of carbonyl (C=O) groups is 1. The minimum atomic E-state index is -3.75. The van der Waals surface area contributed by atoms with E-state index in [2.05, 4.69) is 17.2 Å². The molecule has 12 nitrogen and oxygen atoms in total. The lowest BCUT2D eigenvalue weighted by molar-refractivity contribution is 0.0192. The van der Waals surface area contributed by atoms with Crippen molar-refractivity contribution in [1.82, 2.24) is 29.0 Å². The van der Waals surface area contributed by atoms with Crippen molar-refractivity contribution in [3.8, 4) is 11.3 Å². The van der Waals surface area contributed by atoms with Gasteiger partial charge in [0.15, 0.2) is 5.65 Å². The number of ether oxygens (including phenoxy) is 1. The van der Waals surface area contributed by atoms with Gasteiger partial charge in [-0.15, -0.1) is 0 Å². The number of amides is 1. The molecule has 1 amide bonds. The minimum Gasteiger partial charge on any atom is -0.444 e. The number of aliphatic hydroxyl groups excluding tert-OH is 1. The summed E-state index contributed by atoms with van der Waals surface area (Å²) in [6, 6.07) is 6.86. The number of hydrogen-bond acceptors (Lipinski definition) is 9. The molecule has 1 aliphatic heterocycles. The van der Waals surface area contributed by atoms with Crippen LogP contribution in [0.1, 0.15) is 72.3 Å². The SMILES string of the molecule is CCCCNc1ncc2c(-c3ccc(S(=O)(=O)N4CCN(C(=O)OC(C)(C)C)CC4)cc3)nn([C@H]3CC[C@H](O)CC3)c2n1. The number of rotatable bonds is 8. The number of hydrogen-bond donors (Lipinski definition) is 2. The number of benzene rings is 1. The van der Waals surface area contributed by atoms with Crippen molar-refractivity contribution >= 4 is 33.1 Å². The van der Waals surface area contributed by atoms with Gasteiger partial charge in [0.2, 0.25) is 16.0 Å². The normalized spacial score (nSPS) is 20.3. The molecule has 234 valence electrons. The van der Waals surface area contributed by atoms with Crippen molar-refractivity contribution in [2.45, 2.75) is 88.9 Å². The van der Waals surface area contributed by atoms with E-state index in [1.165, 1.54) is 4.31 Å². The number of aliphatic hydroxyl groups is 1. The highest BCUT2D eigenvalue weighted by Crippen LogP contribution is 2.35. The first kappa shape index (κ1) is 31.1. The quantitative estimate of drug-likeness (QED) is 0.353. The monoisotopic (exact) mass is 613 g/mol. The van der Waals surface area contributed by atoms with Crippen LogP contribution in [0.3, 0.4) is 0 Å². The Bertz CT molecular complexity index is 1520. The first-order chi connectivity index (χ1) is 20.5. The lowest BCUT2D eigenvalue weighted by Crippen LogP contribution is -2.51. The first-order valence-electron chi connectivity index (χ1n) is 15.2. The van der Waals surface area contributed by atoms with Crippen molar-refractivity contribution in [1.29, 1.82) is 0 Å². The summed E-state index contributed by atoms with van der Waals surface area (Å²) in [5.74, 6) is 0.553. The number of sulfonamides is 1. The number of piperazine rings is 1. The molecule has 0 atom stereocenters. The standard InChI is InChI=1S/C30H43N7O5S/c1-5-6-15-31-28-32-20-25-26(34-37(27(25)33-28)22-9-11-23(38)12-10-22)21-7-13-24(14-8-21)43(40,41)36-18-16-35(17-19-36)29(39)42-30(2,3)4/h7-8,13-14,20,22-23,38H,5-6,9-12,15-19H2,1-4H3,(H,31,32,33)/t22-,23-. The smallest absolute Gasteiger partial charge is 0.410 e. The van der Waals surface area contributed by atoms with Crippen molar-refractivity contribution in [3.05, 3.63) is 30.5 Å². The van der Waals surface area contributed by atoms with E-state index in [0.717, 1.165) is 48.8 Å². The fourth-order valence-electron chi connectivity index (χ4n) is 5.53. The maximum atomic E-state index is 13.5. The predicted molar refractivity (Wildman–Crippen MR) is 164 cm³/mol. The van der Waals surface area contributed by atoms with Crippen LogP contribution in [-0.2, 0) is 14.8 Å². The summed E-state index contributed by atoms with van der Waals surface area (Å²) in [4.78, 5) is 23.5. The Morgan fingerprint density at radius 3 is 2.37 bits per heavy atom. The predicted octanol–water partition coefficient (Wildman–Crippen LogP) is 4.42. The summed E-state index contributed by atoms with van der Waals surface area (Å²) in [5.41, 5.74) is 1.58. The Morgan fingerprint density at radius 1 is 1.07 bits per heavy atom. The maximum absolute atomic E-state index is 13.5. The zero-order valence-electron chi connectivity index (χ0n) is 25.5. The second kappa shape index (κ2) is 12.7. The summed E-state index contributed by atoms with van der Waals surface area (Å²) in [6.07, 6.45) is 6.18. The van der Waals surface area contributed by atoms with Crippen LogP contribution in [0.5, 0.6) is 0 Å². The number of fused-ring (bicyclic) bond motifs is 1. The minimum absolute atomic E-state index is 0.108. The molecule has 1 saturated carbocycles. The van der Waals surface area contributed by atoms with Crippen molar-refractivity contribution < 1.29 is 23.1 Å². The summed E-state index contributed by atoms with van der Waals surface area (Å²) in [7, 11) is -3.75. The maximum Gasteiger partial charge on any atom is 0.410 e. The van der Waals surface area contributed by atoms with Gasteiger partial charge in [-0.05, 0) is 65.0 Å². The Kier molecular flexibility index (Phi) is 9.23. The van der Waals surface area contributed by atoms with Crippen molar-refractivity contribution in [2.75, 3.05) is 38.0 Å². The zero-order valence-corrected chi connectivity index (χ0v) is 26.3. The second-order valence-corrected chi connectivity index (χ2v) is 14.3. The van der Waals surface area contributed by atoms with Gasteiger partial charge in [0.05, 0.1) is 22.4 Å². The zero-order chi connectivity index (χ0) is 30.8. The van der Waals surface area contributed by atoms with Gasteiger partial charge in [0.25, 0.3) is 0 Å². The molecule has 43 heavy (non-hydrogen) atoms. The van der Waals surface area contributed by atoms with Gasteiger partial charge < -0.3 is 20.1 Å². The highest BCUT2D eigenvalue weighted by Gasteiger charge is 2.32. The second-order valence-electron chi connectivity index (χ2n) is 12.4. The van der Waals surface area contributed by atoms with E-state index >= 15 is 0 Å². The number of unbranched alkanes of at least 4 members (excludes halogenated alkanes) is 1. The Hall–Kier alpha value is -3.29. The lowest BCUT2D eigenvalue weighted by atomic mass is 9.93. The van der Waals surface area contributed by atoms with Crippen molar-refractivity contribution in [2.24, 2.45) is 0 Å². The fraction of sp³-hybridized carbons (Fsp3) is 0.600. The van der Waals surface area contributed by atoms with Crippen LogP contribution in [-0.4, -0.2) is 93.0 Å². The van der Waals surface area contributed by atoms with Crippen LogP contribution in [0, 0.1) is 0 Å². The molecule has 13 heteroatoms. The molecule has 0 radical (unpaired) electrons. The molecule has 1 saturated heterocycles. The topological polar surface area (TPSA) is 143 Å². The van der Waals surface area contributed by atoms with Crippen molar-refractivity contribution in [3.63, 3.8) is 0 Å². The van der Waals surface area contributed by atoms with Crippen LogP contribution in [0.25, 0.3) is 22.3 Å². The van der Waals surface area contributed by atoms with Crippen LogP contribution in [0.4, 0.5) is 10.7 Å². The molecule has 1 aliphatic carbocycles. The Balaban J connectivity index is 1.36. The third kappa shape index (κ3) is 7.10. The van der Waals surface area contributed by atoms with Gasteiger partial charge in [-0.2, -0.15) is 14.4 Å². The van der Waals surface area contributed by atoms with Crippen LogP contribution in [0.15, 0.2) is 35.4 Å². The van der Waals surface area contributed by atoms with E-state index in [4.69, 9.17) is 14.8 Å². The average molecular weight is 614 g/mol. The molecule has 0 bridgehead atoms. The highest BCUT2D eigenvalue weighted by atomic mass is 32.2. The van der Waals surface area contributed by atoms with Crippen LogP contribution in [0.2, 0.25) is 0 Å². The molecule has 5 rings (SSSR count). The van der Waals surface area contributed by atoms with Gasteiger partial charge in [-0.25, -0.2) is 22.9 Å². The van der Waals surface area contributed by atoms with E-state index in [1.54, 1.807) is 56.1 Å².